The Labute approximate surface area is 217 Å². The number of hydrogen-bond acceptors (Lipinski definition) is 7. The SMILES string of the molecule is CC(=O)O[C@]1(COCc2ccccc2)C[C@@H](O)[C@@H](O)[C@@H](OCc2ccccc2)[C@@H]1OCc1ccccc1. The van der Waals surface area contributed by atoms with Gasteiger partial charge in [-0.1, -0.05) is 91.0 Å². The van der Waals surface area contributed by atoms with Crippen LogP contribution >= 0.6 is 0 Å². The van der Waals surface area contributed by atoms with Crippen LogP contribution in [0, 0.1) is 0 Å². The lowest BCUT2D eigenvalue weighted by Crippen LogP contribution is -2.67. The third kappa shape index (κ3) is 7.25. The summed E-state index contributed by atoms with van der Waals surface area (Å²) >= 11 is 0. The van der Waals surface area contributed by atoms with Crippen molar-refractivity contribution in [3.05, 3.63) is 108 Å². The largest absolute Gasteiger partial charge is 0.454 e. The van der Waals surface area contributed by atoms with Crippen LogP contribution in [0.25, 0.3) is 0 Å². The van der Waals surface area contributed by atoms with E-state index in [0.29, 0.717) is 0 Å². The molecule has 4 rings (SSSR count). The van der Waals surface area contributed by atoms with Crippen molar-refractivity contribution in [3.63, 3.8) is 0 Å². The van der Waals surface area contributed by atoms with E-state index in [2.05, 4.69) is 0 Å². The Kier molecular flexibility index (Phi) is 9.44. The molecule has 0 spiro atoms. The normalized spacial score (nSPS) is 25.5. The summed E-state index contributed by atoms with van der Waals surface area (Å²) in [5, 5.41) is 21.9. The van der Waals surface area contributed by atoms with Crippen LogP contribution in [0.5, 0.6) is 0 Å². The fourth-order valence-corrected chi connectivity index (χ4v) is 4.72. The van der Waals surface area contributed by atoms with Crippen LogP contribution in [0.15, 0.2) is 91.0 Å². The van der Waals surface area contributed by atoms with Gasteiger partial charge in [0.1, 0.15) is 18.3 Å². The highest BCUT2D eigenvalue weighted by atomic mass is 16.6. The quantitative estimate of drug-likeness (QED) is 0.382. The Morgan fingerprint density at radius 1 is 0.784 bits per heavy atom. The van der Waals surface area contributed by atoms with E-state index < -0.39 is 36.0 Å². The highest BCUT2D eigenvalue weighted by molar-refractivity contribution is 5.66. The van der Waals surface area contributed by atoms with Gasteiger partial charge in [0.05, 0.1) is 32.5 Å². The zero-order valence-electron chi connectivity index (χ0n) is 20.9. The molecule has 1 fully saturated rings. The molecule has 0 radical (unpaired) electrons. The van der Waals surface area contributed by atoms with Gasteiger partial charge in [0, 0.05) is 13.3 Å². The number of carbonyl (C=O) groups is 1. The lowest BCUT2D eigenvalue weighted by Gasteiger charge is -2.49. The topological polar surface area (TPSA) is 94.5 Å². The number of hydrogen-bond donors (Lipinski definition) is 2. The summed E-state index contributed by atoms with van der Waals surface area (Å²) in [6, 6.07) is 28.7. The van der Waals surface area contributed by atoms with E-state index >= 15 is 0 Å². The van der Waals surface area contributed by atoms with Crippen molar-refractivity contribution >= 4 is 5.97 Å². The summed E-state index contributed by atoms with van der Waals surface area (Å²) < 4.78 is 24.4. The Balaban J connectivity index is 1.62. The minimum absolute atomic E-state index is 0.0457. The number of esters is 1. The summed E-state index contributed by atoms with van der Waals surface area (Å²) in [6.07, 6.45) is -4.41. The molecule has 3 aromatic rings. The Hall–Kier alpha value is -3.07. The Morgan fingerprint density at radius 3 is 1.78 bits per heavy atom. The molecule has 3 aromatic carbocycles. The molecule has 2 N–H and O–H groups in total. The number of carbonyl (C=O) groups excluding carboxylic acids is 1. The predicted octanol–water partition coefficient (Wildman–Crippen LogP) is 3.80. The van der Waals surface area contributed by atoms with Crippen molar-refractivity contribution in [2.24, 2.45) is 0 Å². The molecule has 1 aliphatic carbocycles. The number of aliphatic hydroxyl groups is 2. The maximum atomic E-state index is 12.3. The van der Waals surface area contributed by atoms with E-state index in [-0.39, 0.29) is 32.8 Å². The van der Waals surface area contributed by atoms with Gasteiger partial charge in [0.15, 0.2) is 5.60 Å². The van der Waals surface area contributed by atoms with Crippen LogP contribution in [0.4, 0.5) is 0 Å². The second-order valence-electron chi connectivity index (χ2n) is 9.38. The van der Waals surface area contributed by atoms with Gasteiger partial charge in [0.2, 0.25) is 0 Å². The van der Waals surface area contributed by atoms with Crippen molar-refractivity contribution in [1.29, 1.82) is 0 Å². The molecule has 196 valence electrons. The molecule has 7 nitrogen and oxygen atoms in total. The summed E-state index contributed by atoms with van der Waals surface area (Å²) in [5.41, 5.74) is 1.38. The minimum Gasteiger partial charge on any atom is -0.454 e. The lowest BCUT2D eigenvalue weighted by atomic mass is 9.76. The molecule has 0 heterocycles. The maximum absolute atomic E-state index is 12.3. The van der Waals surface area contributed by atoms with Crippen LogP contribution in [0.2, 0.25) is 0 Å². The smallest absolute Gasteiger partial charge is 0.303 e. The summed E-state index contributed by atoms with van der Waals surface area (Å²) in [5.74, 6) is -0.540. The van der Waals surface area contributed by atoms with Crippen LogP contribution in [-0.2, 0) is 43.6 Å². The van der Waals surface area contributed by atoms with Crippen molar-refractivity contribution in [1.82, 2.24) is 0 Å². The van der Waals surface area contributed by atoms with E-state index in [1.54, 1.807) is 0 Å². The van der Waals surface area contributed by atoms with E-state index in [4.69, 9.17) is 18.9 Å². The van der Waals surface area contributed by atoms with Gasteiger partial charge < -0.3 is 29.2 Å². The van der Waals surface area contributed by atoms with Crippen molar-refractivity contribution in [2.75, 3.05) is 6.61 Å². The standard InChI is InChI=1S/C30H34O7/c1-22(31)37-30(21-34-18-23-11-5-2-6-12-23)17-26(32)27(33)28(35-19-24-13-7-3-8-14-24)29(30)36-20-25-15-9-4-10-16-25/h2-16,26-29,32-33H,17-21H2,1H3/t26-,27-,28-,29+,30+/m1/s1. The second kappa shape index (κ2) is 12.9. The molecule has 1 saturated carbocycles. The van der Waals surface area contributed by atoms with Crippen LogP contribution < -0.4 is 0 Å². The molecule has 0 saturated heterocycles. The number of benzene rings is 3. The lowest BCUT2D eigenvalue weighted by molar-refractivity contribution is -0.270. The highest BCUT2D eigenvalue weighted by Crippen LogP contribution is 2.38. The van der Waals surface area contributed by atoms with E-state index in [1.807, 2.05) is 91.0 Å². The van der Waals surface area contributed by atoms with Gasteiger partial charge >= 0.3 is 5.97 Å². The van der Waals surface area contributed by atoms with Gasteiger partial charge in [-0.3, -0.25) is 4.79 Å². The number of ether oxygens (including phenoxy) is 4. The zero-order valence-corrected chi connectivity index (χ0v) is 20.9. The number of rotatable bonds is 11. The van der Waals surface area contributed by atoms with Crippen LogP contribution in [0.3, 0.4) is 0 Å². The van der Waals surface area contributed by atoms with Crippen molar-refractivity contribution < 1.29 is 34.0 Å². The first kappa shape index (κ1) is 27.0. The molecule has 0 bridgehead atoms. The Bertz CT molecular complexity index is 1090. The minimum atomic E-state index is -1.38. The second-order valence-corrected chi connectivity index (χ2v) is 9.38. The monoisotopic (exact) mass is 506 g/mol. The average molecular weight is 507 g/mol. The fourth-order valence-electron chi connectivity index (χ4n) is 4.72. The molecule has 37 heavy (non-hydrogen) atoms. The van der Waals surface area contributed by atoms with E-state index in [1.165, 1.54) is 6.92 Å². The third-order valence-corrected chi connectivity index (χ3v) is 6.46. The molecular weight excluding hydrogens is 472 g/mol. The first-order chi connectivity index (χ1) is 18.0. The molecule has 0 aromatic heterocycles. The first-order valence-electron chi connectivity index (χ1n) is 12.5. The fraction of sp³-hybridized carbons (Fsp3) is 0.367. The highest BCUT2D eigenvalue weighted by Gasteiger charge is 2.57. The molecule has 7 heteroatoms. The molecule has 5 atom stereocenters. The zero-order chi connectivity index (χ0) is 26.1. The summed E-state index contributed by atoms with van der Waals surface area (Å²) in [7, 11) is 0. The maximum Gasteiger partial charge on any atom is 0.303 e. The average Bonchev–Trinajstić information content (AvgIpc) is 2.91. The summed E-state index contributed by atoms with van der Waals surface area (Å²) in [6.45, 7) is 1.92. The van der Waals surface area contributed by atoms with Gasteiger partial charge in [0.25, 0.3) is 0 Å². The first-order valence-corrected chi connectivity index (χ1v) is 12.5. The molecule has 0 unspecified atom stereocenters. The van der Waals surface area contributed by atoms with Gasteiger partial charge in [-0.25, -0.2) is 0 Å². The third-order valence-electron chi connectivity index (χ3n) is 6.46. The predicted molar refractivity (Wildman–Crippen MR) is 137 cm³/mol. The van der Waals surface area contributed by atoms with Gasteiger partial charge in [-0.05, 0) is 16.7 Å². The van der Waals surface area contributed by atoms with Crippen molar-refractivity contribution in [2.45, 2.75) is 63.2 Å². The molecule has 0 aliphatic heterocycles. The molecular formula is C30H34O7. The van der Waals surface area contributed by atoms with E-state index in [9.17, 15) is 15.0 Å². The molecule has 0 amide bonds. The van der Waals surface area contributed by atoms with Crippen molar-refractivity contribution in [3.8, 4) is 0 Å². The Morgan fingerprint density at radius 2 is 1.27 bits per heavy atom. The van der Waals surface area contributed by atoms with Gasteiger partial charge in [-0.15, -0.1) is 0 Å². The van der Waals surface area contributed by atoms with E-state index in [0.717, 1.165) is 16.7 Å². The van der Waals surface area contributed by atoms with Crippen LogP contribution in [0.1, 0.15) is 30.0 Å². The number of aliphatic hydroxyl groups excluding tert-OH is 2. The summed E-state index contributed by atoms with van der Waals surface area (Å²) in [4.78, 5) is 12.3. The van der Waals surface area contributed by atoms with Gasteiger partial charge in [-0.2, -0.15) is 0 Å². The molecule has 1 aliphatic rings. The van der Waals surface area contributed by atoms with Crippen LogP contribution in [-0.4, -0.2) is 52.8 Å².